The Morgan fingerprint density at radius 1 is 1.04 bits per heavy atom. The molecule has 7 nitrogen and oxygen atoms in total. The minimum Gasteiger partial charge on any atom is -0.506 e. The number of ether oxygens (including phenoxy) is 2. The third-order valence-electron chi connectivity index (χ3n) is 5.06. The number of phenolic OH excluding ortho intramolecular Hbond substituents is 1. The molecule has 2 aliphatic heterocycles. The van der Waals surface area contributed by atoms with Crippen LogP contribution in [0.4, 0.5) is 5.69 Å². The van der Waals surface area contributed by atoms with Gasteiger partial charge in [-0.2, -0.15) is 0 Å². The number of nitrogens with one attached hydrogen (secondary N) is 1. The van der Waals surface area contributed by atoms with Crippen LogP contribution in [0.5, 0.6) is 17.2 Å². The highest BCUT2D eigenvalue weighted by atomic mass is 16.6. The van der Waals surface area contributed by atoms with Crippen molar-refractivity contribution in [3.8, 4) is 17.2 Å². The molecule has 0 bridgehead atoms. The van der Waals surface area contributed by atoms with Crippen LogP contribution in [0.25, 0.3) is 0 Å². The van der Waals surface area contributed by atoms with Crippen molar-refractivity contribution in [2.24, 2.45) is 0 Å². The predicted molar refractivity (Wildman–Crippen MR) is 106 cm³/mol. The second-order valence-corrected chi connectivity index (χ2v) is 7.05. The van der Waals surface area contributed by atoms with Gasteiger partial charge in [0.1, 0.15) is 18.5 Å². The van der Waals surface area contributed by atoms with E-state index < -0.39 is 0 Å². The van der Waals surface area contributed by atoms with Crippen LogP contribution in [-0.4, -0.2) is 67.9 Å². The van der Waals surface area contributed by atoms with Gasteiger partial charge in [0.2, 0.25) is 5.91 Å². The van der Waals surface area contributed by atoms with Crippen LogP contribution < -0.4 is 19.7 Å². The highest BCUT2D eigenvalue weighted by Crippen LogP contribution is 2.30. The lowest BCUT2D eigenvalue weighted by Gasteiger charge is -2.36. The number of carbonyl (C=O) groups is 1. The van der Waals surface area contributed by atoms with Gasteiger partial charge in [0.25, 0.3) is 0 Å². The van der Waals surface area contributed by atoms with Crippen molar-refractivity contribution in [2.45, 2.75) is 6.10 Å². The minimum absolute atomic E-state index is 0.0153. The van der Waals surface area contributed by atoms with E-state index in [0.29, 0.717) is 31.2 Å². The fourth-order valence-corrected chi connectivity index (χ4v) is 3.53. The van der Waals surface area contributed by atoms with E-state index in [2.05, 4.69) is 15.1 Å². The number of hydrogen-bond acceptors (Lipinski definition) is 6. The highest BCUT2D eigenvalue weighted by molar-refractivity contribution is 5.78. The van der Waals surface area contributed by atoms with E-state index in [4.69, 9.17) is 9.47 Å². The Hall–Kier alpha value is -2.93. The molecule has 2 aliphatic rings. The average molecular weight is 383 g/mol. The van der Waals surface area contributed by atoms with Gasteiger partial charge in [-0.1, -0.05) is 24.3 Å². The molecule has 1 atom stereocenters. The molecule has 0 saturated carbocycles. The Morgan fingerprint density at radius 3 is 2.54 bits per heavy atom. The van der Waals surface area contributed by atoms with Crippen LogP contribution in [0, 0.1) is 0 Å². The van der Waals surface area contributed by atoms with Crippen LogP contribution in [-0.2, 0) is 4.79 Å². The smallest absolute Gasteiger partial charge is 0.234 e. The van der Waals surface area contributed by atoms with Gasteiger partial charge in [0, 0.05) is 26.2 Å². The van der Waals surface area contributed by atoms with Gasteiger partial charge in [-0.15, -0.1) is 0 Å². The average Bonchev–Trinajstić information content (AvgIpc) is 2.73. The zero-order valence-corrected chi connectivity index (χ0v) is 15.7. The number of aromatic hydroxyl groups is 1. The van der Waals surface area contributed by atoms with Crippen LogP contribution in [0.3, 0.4) is 0 Å². The van der Waals surface area contributed by atoms with Gasteiger partial charge in [-0.3, -0.25) is 9.69 Å². The number of amides is 1. The molecule has 0 radical (unpaired) electrons. The summed E-state index contributed by atoms with van der Waals surface area (Å²) in [5, 5.41) is 12.9. The monoisotopic (exact) mass is 383 g/mol. The van der Waals surface area contributed by atoms with Gasteiger partial charge < -0.3 is 24.8 Å². The fraction of sp³-hybridized carbons (Fsp3) is 0.381. The van der Waals surface area contributed by atoms with E-state index in [1.54, 1.807) is 6.07 Å². The van der Waals surface area contributed by atoms with Gasteiger partial charge >= 0.3 is 0 Å². The maximum atomic E-state index is 12.3. The highest BCUT2D eigenvalue weighted by Gasteiger charge is 2.23. The molecule has 2 heterocycles. The molecule has 1 fully saturated rings. The van der Waals surface area contributed by atoms with Crippen LogP contribution in [0.2, 0.25) is 0 Å². The van der Waals surface area contributed by atoms with E-state index >= 15 is 0 Å². The maximum absolute atomic E-state index is 12.3. The van der Waals surface area contributed by atoms with Gasteiger partial charge in [-0.25, -0.2) is 0 Å². The van der Waals surface area contributed by atoms with Crippen molar-refractivity contribution >= 4 is 11.6 Å². The molecule has 2 aromatic carbocycles. The van der Waals surface area contributed by atoms with Crippen molar-refractivity contribution in [2.75, 3.05) is 50.8 Å². The summed E-state index contributed by atoms with van der Waals surface area (Å²) >= 11 is 0. The summed E-state index contributed by atoms with van der Waals surface area (Å²) in [6, 6.07) is 14.9. The Balaban J connectivity index is 1.20. The Kier molecular flexibility index (Phi) is 5.53. The molecule has 2 N–H and O–H groups in total. The molecule has 7 heteroatoms. The predicted octanol–water partition coefficient (Wildman–Crippen LogP) is 1.47. The van der Waals surface area contributed by atoms with Crippen LogP contribution >= 0.6 is 0 Å². The first-order valence-electron chi connectivity index (χ1n) is 9.59. The van der Waals surface area contributed by atoms with Crippen LogP contribution in [0.15, 0.2) is 48.5 Å². The molecule has 0 spiro atoms. The first-order chi connectivity index (χ1) is 13.7. The Labute approximate surface area is 164 Å². The summed E-state index contributed by atoms with van der Waals surface area (Å²) in [4.78, 5) is 16.6. The molecule has 2 aromatic rings. The molecular formula is C21H25N3O4. The van der Waals surface area contributed by atoms with Crippen molar-refractivity contribution in [3.05, 3.63) is 48.5 Å². The van der Waals surface area contributed by atoms with Gasteiger partial charge in [-0.05, 0) is 24.3 Å². The van der Waals surface area contributed by atoms with Crippen molar-refractivity contribution < 1.29 is 19.4 Å². The number of phenols is 1. The number of rotatable bonds is 5. The second-order valence-electron chi connectivity index (χ2n) is 7.05. The third kappa shape index (κ3) is 4.31. The van der Waals surface area contributed by atoms with Crippen molar-refractivity contribution in [1.29, 1.82) is 0 Å². The lowest BCUT2D eigenvalue weighted by atomic mass is 10.2. The van der Waals surface area contributed by atoms with Gasteiger partial charge in [0.05, 0.1) is 18.8 Å². The molecule has 148 valence electrons. The maximum Gasteiger partial charge on any atom is 0.234 e. The molecule has 28 heavy (non-hydrogen) atoms. The number of para-hydroxylation sites is 4. The minimum atomic E-state index is -0.184. The first kappa shape index (κ1) is 18.4. The summed E-state index contributed by atoms with van der Waals surface area (Å²) in [5.74, 6) is 1.74. The van der Waals surface area contributed by atoms with Crippen molar-refractivity contribution in [1.82, 2.24) is 10.2 Å². The summed E-state index contributed by atoms with van der Waals surface area (Å²) in [6.07, 6.45) is -0.184. The molecule has 0 unspecified atom stereocenters. The SMILES string of the molecule is O=C(CN1CCN(c2ccccc2O)CC1)NC[C@@H]1COc2ccccc2O1. The molecule has 4 rings (SSSR count). The Morgan fingerprint density at radius 2 is 1.75 bits per heavy atom. The lowest BCUT2D eigenvalue weighted by Crippen LogP contribution is -2.50. The van der Waals surface area contributed by atoms with Gasteiger partial charge in [0.15, 0.2) is 11.5 Å². The molecule has 1 saturated heterocycles. The quantitative estimate of drug-likeness (QED) is 0.815. The molecule has 0 aliphatic carbocycles. The number of carbonyl (C=O) groups excluding carboxylic acids is 1. The summed E-state index contributed by atoms with van der Waals surface area (Å²) < 4.78 is 11.5. The first-order valence-corrected chi connectivity index (χ1v) is 9.59. The topological polar surface area (TPSA) is 74.3 Å². The molecule has 0 aromatic heterocycles. The van der Waals surface area contributed by atoms with E-state index in [-0.39, 0.29) is 12.0 Å². The van der Waals surface area contributed by atoms with E-state index in [0.717, 1.165) is 37.6 Å². The molecule has 1 amide bonds. The van der Waals surface area contributed by atoms with Crippen LogP contribution in [0.1, 0.15) is 0 Å². The van der Waals surface area contributed by atoms with E-state index in [1.807, 2.05) is 42.5 Å². The van der Waals surface area contributed by atoms with Crippen molar-refractivity contribution in [3.63, 3.8) is 0 Å². The van der Waals surface area contributed by atoms with E-state index in [1.165, 1.54) is 0 Å². The standard InChI is InChI=1S/C21H25N3O4/c25-18-6-2-1-5-17(18)24-11-9-23(10-12-24)14-21(26)22-13-16-15-27-19-7-3-4-8-20(19)28-16/h1-8,16,25H,9-15H2,(H,22,26)/t16-/m1/s1. The summed E-state index contributed by atoms with van der Waals surface area (Å²) in [5.41, 5.74) is 0.848. The number of anilines is 1. The largest absolute Gasteiger partial charge is 0.506 e. The normalized spacial score (nSPS) is 19.3. The lowest BCUT2D eigenvalue weighted by molar-refractivity contribution is -0.122. The third-order valence-corrected chi connectivity index (χ3v) is 5.06. The number of nitrogens with zero attached hydrogens (tertiary/aromatic N) is 2. The number of benzene rings is 2. The fourth-order valence-electron chi connectivity index (χ4n) is 3.53. The Bertz CT molecular complexity index is 821. The van der Waals surface area contributed by atoms with E-state index in [9.17, 15) is 9.90 Å². The zero-order chi connectivity index (χ0) is 19.3. The number of hydrogen-bond donors (Lipinski definition) is 2. The second kappa shape index (κ2) is 8.39. The number of piperazine rings is 1. The number of fused-ring (bicyclic) bond motifs is 1. The summed E-state index contributed by atoms with van der Waals surface area (Å²) in [6.45, 7) is 4.32. The summed E-state index contributed by atoms with van der Waals surface area (Å²) in [7, 11) is 0. The zero-order valence-electron chi connectivity index (χ0n) is 15.7. The molecular weight excluding hydrogens is 358 g/mol.